The van der Waals surface area contributed by atoms with Gasteiger partial charge in [-0.3, -0.25) is 19.0 Å². The fourth-order valence-electron chi connectivity index (χ4n) is 5.57. The standard InChI is InChI=1S/C33H28BrN7O3/c1-20-14-26-29(19-39(20)32(43)23-10-13-27(34)24(15-23)16-35)41-31(28(18-38-41)37-17-21-6-4-3-5-7-21)40(33(26)44)25-11-8-22(9-12-25)30(42)36-2/h3-13,15,18,20,37H,14,17,19H2,1-2H3,(H,36,42)/t20-/m0/s1. The molecule has 3 heterocycles. The van der Waals surface area contributed by atoms with E-state index in [1.54, 1.807) is 69.7 Å². The molecule has 2 N–H and O–H groups in total. The average Bonchev–Trinajstić information content (AvgIpc) is 3.47. The number of anilines is 1. The highest BCUT2D eigenvalue weighted by Crippen LogP contribution is 2.29. The Morgan fingerprint density at radius 1 is 1.07 bits per heavy atom. The Hall–Kier alpha value is -5.21. The summed E-state index contributed by atoms with van der Waals surface area (Å²) in [5.41, 5.74) is 5.04. The molecule has 0 bridgehead atoms. The number of carbonyl (C=O) groups is 2. The molecule has 0 saturated carbocycles. The second-order valence-corrected chi connectivity index (χ2v) is 11.5. The number of hydrogen-bond donors (Lipinski definition) is 2. The maximum Gasteiger partial charge on any atom is 0.261 e. The second-order valence-electron chi connectivity index (χ2n) is 10.6. The van der Waals surface area contributed by atoms with E-state index in [2.05, 4.69) is 32.6 Å². The maximum atomic E-state index is 14.3. The monoisotopic (exact) mass is 649 g/mol. The lowest BCUT2D eigenvalue weighted by atomic mass is 9.98. The maximum absolute atomic E-state index is 14.3. The first-order valence-corrected chi connectivity index (χ1v) is 14.9. The molecule has 0 spiro atoms. The molecule has 44 heavy (non-hydrogen) atoms. The highest BCUT2D eigenvalue weighted by Gasteiger charge is 2.33. The largest absolute Gasteiger partial charge is 0.377 e. The SMILES string of the molecule is CNC(=O)c1ccc(-n2c(=O)c3c(n4ncc(NCc5ccccc5)c24)CN(C(=O)c2ccc(Br)c(C#N)c2)[C@@H](C)C3)cc1. The summed E-state index contributed by atoms with van der Waals surface area (Å²) >= 11 is 3.35. The molecule has 1 aliphatic rings. The Morgan fingerprint density at radius 2 is 1.80 bits per heavy atom. The number of hydrogen-bond acceptors (Lipinski definition) is 6. The van der Waals surface area contributed by atoms with Crippen LogP contribution in [0, 0.1) is 11.3 Å². The predicted molar refractivity (Wildman–Crippen MR) is 170 cm³/mol. The van der Waals surface area contributed by atoms with Gasteiger partial charge in [0.05, 0.1) is 35.4 Å². The second kappa shape index (κ2) is 11.8. The number of nitriles is 1. The minimum Gasteiger partial charge on any atom is -0.377 e. The number of nitrogens with one attached hydrogen (secondary N) is 2. The molecule has 0 fully saturated rings. The number of amides is 2. The molecule has 220 valence electrons. The van der Waals surface area contributed by atoms with Crippen molar-refractivity contribution < 1.29 is 9.59 Å². The third-order valence-corrected chi connectivity index (χ3v) is 8.60. The minimum atomic E-state index is -0.287. The van der Waals surface area contributed by atoms with E-state index < -0.39 is 0 Å². The summed E-state index contributed by atoms with van der Waals surface area (Å²) in [5.74, 6) is -0.454. The van der Waals surface area contributed by atoms with E-state index in [1.165, 1.54) is 0 Å². The van der Waals surface area contributed by atoms with Crippen LogP contribution in [0.15, 0.2) is 88.3 Å². The van der Waals surface area contributed by atoms with Gasteiger partial charge in [0.2, 0.25) is 0 Å². The number of nitrogens with zero attached hydrogens (tertiary/aromatic N) is 5. The lowest BCUT2D eigenvalue weighted by molar-refractivity contribution is 0.0651. The van der Waals surface area contributed by atoms with Crippen molar-refractivity contribution in [3.63, 3.8) is 0 Å². The summed E-state index contributed by atoms with van der Waals surface area (Å²) < 4.78 is 3.96. The number of rotatable bonds is 6. The summed E-state index contributed by atoms with van der Waals surface area (Å²) in [6, 6.07) is 23.5. The molecule has 0 aliphatic carbocycles. The Balaban J connectivity index is 1.47. The molecule has 5 aromatic rings. The Kier molecular flexibility index (Phi) is 7.76. The van der Waals surface area contributed by atoms with Gasteiger partial charge in [0, 0.05) is 40.8 Å². The third kappa shape index (κ3) is 5.14. The van der Waals surface area contributed by atoms with E-state index in [9.17, 15) is 19.6 Å². The van der Waals surface area contributed by atoms with E-state index >= 15 is 0 Å². The fraction of sp³-hybridized carbons (Fsp3) is 0.182. The minimum absolute atomic E-state index is 0.162. The van der Waals surface area contributed by atoms with Crippen molar-refractivity contribution in [3.8, 4) is 11.8 Å². The molecule has 0 radical (unpaired) electrons. The quantitative estimate of drug-likeness (QED) is 0.275. The van der Waals surface area contributed by atoms with E-state index in [4.69, 9.17) is 5.10 Å². The van der Waals surface area contributed by atoms with Gasteiger partial charge in [-0.25, -0.2) is 4.52 Å². The van der Waals surface area contributed by atoms with Crippen LogP contribution in [0.5, 0.6) is 0 Å². The average molecular weight is 651 g/mol. The highest BCUT2D eigenvalue weighted by atomic mass is 79.9. The molecule has 2 amide bonds. The normalized spacial score (nSPS) is 14.1. The van der Waals surface area contributed by atoms with Crippen LogP contribution in [0.1, 0.15) is 50.0 Å². The number of fused-ring (bicyclic) bond motifs is 3. The van der Waals surface area contributed by atoms with Crippen LogP contribution in [-0.2, 0) is 19.5 Å². The summed E-state index contributed by atoms with van der Waals surface area (Å²) in [6.45, 7) is 2.58. The van der Waals surface area contributed by atoms with Crippen molar-refractivity contribution in [2.24, 2.45) is 0 Å². The Labute approximate surface area is 261 Å². The molecule has 2 aromatic heterocycles. The molecule has 11 heteroatoms. The number of carbonyl (C=O) groups excluding carboxylic acids is 2. The number of aromatic nitrogens is 3. The summed E-state index contributed by atoms with van der Waals surface area (Å²) in [5, 5.41) is 20.2. The van der Waals surface area contributed by atoms with Crippen molar-refractivity contribution in [2.45, 2.75) is 32.5 Å². The summed E-state index contributed by atoms with van der Waals surface area (Å²) in [6.07, 6.45) is 2.01. The van der Waals surface area contributed by atoms with Gasteiger partial charge in [0.25, 0.3) is 17.4 Å². The number of halogens is 1. The van der Waals surface area contributed by atoms with Crippen LogP contribution in [0.3, 0.4) is 0 Å². The van der Waals surface area contributed by atoms with Crippen LogP contribution < -0.4 is 16.2 Å². The molecule has 1 aliphatic heterocycles. The predicted octanol–water partition coefficient (Wildman–Crippen LogP) is 4.68. The van der Waals surface area contributed by atoms with Crippen molar-refractivity contribution in [2.75, 3.05) is 12.4 Å². The molecule has 1 atom stereocenters. The van der Waals surface area contributed by atoms with E-state index in [-0.39, 0.29) is 30.0 Å². The van der Waals surface area contributed by atoms with Crippen LogP contribution in [-0.4, -0.2) is 44.0 Å². The van der Waals surface area contributed by atoms with Crippen molar-refractivity contribution in [1.82, 2.24) is 24.4 Å². The fourth-order valence-corrected chi connectivity index (χ4v) is 5.91. The van der Waals surface area contributed by atoms with Gasteiger partial charge in [-0.1, -0.05) is 30.3 Å². The van der Waals surface area contributed by atoms with E-state index in [0.29, 0.717) is 62.4 Å². The topological polar surface area (TPSA) is 125 Å². The van der Waals surface area contributed by atoms with Crippen molar-refractivity contribution in [1.29, 1.82) is 5.26 Å². The zero-order chi connectivity index (χ0) is 31.0. The zero-order valence-corrected chi connectivity index (χ0v) is 25.6. The smallest absolute Gasteiger partial charge is 0.261 e. The lowest BCUT2D eigenvalue weighted by Gasteiger charge is -2.35. The van der Waals surface area contributed by atoms with Gasteiger partial charge in [-0.05, 0) is 77.3 Å². The summed E-state index contributed by atoms with van der Waals surface area (Å²) in [4.78, 5) is 41.9. The van der Waals surface area contributed by atoms with Crippen LogP contribution >= 0.6 is 15.9 Å². The molecular weight excluding hydrogens is 622 g/mol. The van der Waals surface area contributed by atoms with Crippen LogP contribution in [0.2, 0.25) is 0 Å². The summed E-state index contributed by atoms with van der Waals surface area (Å²) in [7, 11) is 1.57. The lowest BCUT2D eigenvalue weighted by Crippen LogP contribution is -2.46. The van der Waals surface area contributed by atoms with Gasteiger partial charge in [-0.15, -0.1) is 0 Å². The van der Waals surface area contributed by atoms with Gasteiger partial charge in [-0.2, -0.15) is 10.4 Å². The molecule has 0 saturated heterocycles. The van der Waals surface area contributed by atoms with Crippen LogP contribution in [0.25, 0.3) is 11.3 Å². The molecule has 0 unspecified atom stereocenters. The van der Waals surface area contributed by atoms with E-state index in [1.807, 2.05) is 37.3 Å². The third-order valence-electron chi connectivity index (χ3n) is 7.91. The van der Waals surface area contributed by atoms with Gasteiger partial charge >= 0.3 is 0 Å². The molecule has 3 aromatic carbocycles. The van der Waals surface area contributed by atoms with Gasteiger partial charge < -0.3 is 15.5 Å². The first kappa shape index (κ1) is 28.9. The first-order chi connectivity index (χ1) is 21.3. The Bertz CT molecular complexity index is 2010. The van der Waals surface area contributed by atoms with Crippen molar-refractivity contribution >= 4 is 39.1 Å². The first-order valence-electron chi connectivity index (χ1n) is 14.1. The zero-order valence-electron chi connectivity index (χ0n) is 24.0. The van der Waals surface area contributed by atoms with Crippen LogP contribution in [0.4, 0.5) is 5.69 Å². The van der Waals surface area contributed by atoms with Gasteiger partial charge in [0.1, 0.15) is 6.07 Å². The Morgan fingerprint density at radius 3 is 2.50 bits per heavy atom. The van der Waals surface area contributed by atoms with Gasteiger partial charge in [0.15, 0.2) is 5.65 Å². The van der Waals surface area contributed by atoms with E-state index in [0.717, 1.165) is 5.56 Å². The highest BCUT2D eigenvalue weighted by molar-refractivity contribution is 9.10. The molecule has 10 nitrogen and oxygen atoms in total. The number of benzene rings is 3. The van der Waals surface area contributed by atoms with Crippen molar-refractivity contribution in [3.05, 3.63) is 127 Å². The molecular formula is C33H28BrN7O3. The molecule has 6 rings (SSSR count).